The molecule has 106 valence electrons. The summed E-state index contributed by atoms with van der Waals surface area (Å²) in [5.41, 5.74) is 4.30. The third-order valence-corrected chi connectivity index (χ3v) is 2.04. The second-order valence-electron chi connectivity index (χ2n) is 3.91. The molecule has 0 aliphatic heterocycles. The van der Waals surface area contributed by atoms with Crippen LogP contribution < -0.4 is 10.5 Å². The van der Waals surface area contributed by atoms with Gasteiger partial charge in [-0.05, 0) is 13.0 Å². The smallest absolute Gasteiger partial charge is 0.417 e. The van der Waals surface area contributed by atoms with Gasteiger partial charge < -0.3 is 15.2 Å². The summed E-state index contributed by atoms with van der Waals surface area (Å²) in [5, 5.41) is 7.10. The first kappa shape index (κ1) is 15.1. The van der Waals surface area contributed by atoms with Gasteiger partial charge in [-0.15, -0.1) is 0 Å². The number of nitrogen functional groups attached to an aromatic ring is 1. The highest BCUT2D eigenvalue weighted by atomic mass is 19.4. The van der Waals surface area contributed by atoms with Crippen LogP contribution in [0.5, 0.6) is 5.88 Å². The number of halogens is 3. The zero-order chi connectivity index (χ0) is 14.6. The van der Waals surface area contributed by atoms with Gasteiger partial charge in [0.2, 0.25) is 5.88 Å². The molecule has 19 heavy (non-hydrogen) atoms. The summed E-state index contributed by atoms with van der Waals surface area (Å²) in [6.07, 6.45) is -4.27. The van der Waals surface area contributed by atoms with Gasteiger partial charge in [0.15, 0.2) is 5.90 Å². The van der Waals surface area contributed by atoms with Crippen LogP contribution in [0.4, 0.5) is 18.9 Å². The number of nitrogens with zero attached hydrogens (tertiary/aromatic N) is 1. The number of hydrogen-bond donors (Lipinski definition) is 2. The van der Waals surface area contributed by atoms with Crippen molar-refractivity contribution in [3.63, 3.8) is 0 Å². The topological polar surface area (TPSA) is 81.2 Å². The van der Waals surface area contributed by atoms with Crippen LogP contribution in [0.15, 0.2) is 12.3 Å². The van der Waals surface area contributed by atoms with Crippen molar-refractivity contribution < 1.29 is 22.6 Å². The van der Waals surface area contributed by atoms with Crippen LogP contribution in [0, 0.1) is 5.41 Å². The van der Waals surface area contributed by atoms with Crippen molar-refractivity contribution in [3.05, 3.63) is 17.8 Å². The maximum absolute atomic E-state index is 12.4. The molecule has 0 unspecified atom stereocenters. The Morgan fingerprint density at radius 2 is 2.16 bits per heavy atom. The van der Waals surface area contributed by atoms with Gasteiger partial charge in [0, 0.05) is 13.1 Å². The van der Waals surface area contributed by atoms with E-state index in [1.54, 1.807) is 6.92 Å². The average Bonchev–Trinajstić information content (AvgIpc) is 2.25. The van der Waals surface area contributed by atoms with E-state index in [4.69, 9.17) is 20.6 Å². The highest BCUT2D eigenvalue weighted by Crippen LogP contribution is 2.32. The van der Waals surface area contributed by atoms with Gasteiger partial charge >= 0.3 is 6.18 Å². The highest BCUT2D eigenvalue weighted by molar-refractivity contribution is 5.69. The van der Waals surface area contributed by atoms with Crippen LogP contribution in [0.2, 0.25) is 0 Å². The van der Waals surface area contributed by atoms with Gasteiger partial charge in [0.1, 0.15) is 12.7 Å². The summed E-state index contributed by atoms with van der Waals surface area (Å²) < 4.78 is 47.3. The fourth-order valence-corrected chi connectivity index (χ4v) is 1.28. The predicted molar refractivity (Wildman–Crippen MR) is 63.1 cm³/mol. The van der Waals surface area contributed by atoms with E-state index in [0.717, 1.165) is 6.07 Å². The van der Waals surface area contributed by atoms with Crippen LogP contribution in [0.1, 0.15) is 19.4 Å². The Bertz CT molecular complexity index is 463. The molecule has 0 saturated carbocycles. The number of pyridine rings is 1. The molecule has 0 spiro atoms. The number of anilines is 1. The Balaban J connectivity index is 2.68. The monoisotopic (exact) mass is 277 g/mol. The molecule has 0 aromatic carbocycles. The predicted octanol–water partition coefficient (Wildman–Crippen LogP) is 2.46. The summed E-state index contributed by atoms with van der Waals surface area (Å²) >= 11 is 0. The van der Waals surface area contributed by atoms with Crippen LogP contribution in [-0.4, -0.2) is 23.6 Å². The van der Waals surface area contributed by atoms with Crippen LogP contribution in [0.3, 0.4) is 0 Å². The number of ether oxygens (including phenoxy) is 2. The Morgan fingerprint density at radius 3 is 2.63 bits per heavy atom. The van der Waals surface area contributed by atoms with Crippen LogP contribution >= 0.6 is 0 Å². The Kier molecular flexibility index (Phi) is 4.57. The minimum atomic E-state index is -4.49. The van der Waals surface area contributed by atoms with Gasteiger partial charge in [-0.3, -0.25) is 5.41 Å². The van der Waals surface area contributed by atoms with Crippen molar-refractivity contribution >= 4 is 11.6 Å². The summed E-state index contributed by atoms with van der Waals surface area (Å²) in [5.74, 6) is -0.0736. The quantitative estimate of drug-likeness (QED) is 0.654. The van der Waals surface area contributed by atoms with Gasteiger partial charge in [-0.2, -0.15) is 13.2 Å². The van der Waals surface area contributed by atoms with E-state index in [9.17, 15) is 13.2 Å². The lowest BCUT2D eigenvalue weighted by atomic mass is 10.2. The number of alkyl halides is 3. The van der Waals surface area contributed by atoms with Crippen molar-refractivity contribution in [3.8, 4) is 5.88 Å². The molecule has 0 aliphatic rings. The molecule has 0 saturated heterocycles. The van der Waals surface area contributed by atoms with Crippen molar-refractivity contribution in [1.29, 1.82) is 5.41 Å². The first-order chi connectivity index (χ1) is 8.70. The van der Waals surface area contributed by atoms with Gasteiger partial charge in [0.05, 0.1) is 11.3 Å². The first-order valence-electron chi connectivity index (χ1n) is 5.37. The fourth-order valence-electron chi connectivity index (χ4n) is 1.28. The number of nitrogens with two attached hydrogens (primary N) is 1. The molecule has 0 fully saturated rings. The summed E-state index contributed by atoms with van der Waals surface area (Å²) in [6, 6.07) is 0.760. The van der Waals surface area contributed by atoms with E-state index >= 15 is 0 Å². The number of rotatable bonds is 4. The van der Waals surface area contributed by atoms with Crippen LogP contribution in [-0.2, 0) is 10.9 Å². The molecule has 0 amide bonds. The van der Waals surface area contributed by atoms with E-state index < -0.39 is 17.8 Å². The maximum Gasteiger partial charge on any atom is 0.417 e. The molecule has 3 N–H and O–H groups in total. The summed E-state index contributed by atoms with van der Waals surface area (Å²) in [4.78, 5) is 3.52. The molecule has 0 radical (unpaired) electrons. The van der Waals surface area contributed by atoms with Crippen molar-refractivity contribution in [2.45, 2.75) is 26.1 Å². The van der Waals surface area contributed by atoms with E-state index in [0.29, 0.717) is 6.20 Å². The molecule has 1 atom stereocenters. The molecule has 0 aliphatic carbocycles. The summed E-state index contributed by atoms with van der Waals surface area (Å²) in [6.45, 7) is 3.14. The van der Waals surface area contributed by atoms with Crippen molar-refractivity contribution in [2.75, 3.05) is 12.3 Å². The fraction of sp³-hybridized carbons (Fsp3) is 0.455. The Morgan fingerprint density at radius 1 is 1.53 bits per heavy atom. The van der Waals surface area contributed by atoms with E-state index in [-0.39, 0.29) is 24.1 Å². The zero-order valence-corrected chi connectivity index (χ0v) is 10.4. The molecule has 1 heterocycles. The average molecular weight is 277 g/mol. The van der Waals surface area contributed by atoms with E-state index in [1.165, 1.54) is 6.92 Å². The highest BCUT2D eigenvalue weighted by Gasteiger charge is 2.31. The molecular weight excluding hydrogens is 263 g/mol. The molecule has 1 aromatic rings. The zero-order valence-electron chi connectivity index (χ0n) is 10.4. The Hall–Kier alpha value is -1.99. The largest absolute Gasteiger partial charge is 0.475 e. The van der Waals surface area contributed by atoms with Gasteiger partial charge in [-0.25, -0.2) is 4.98 Å². The van der Waals surface area contributed by atoms with Crippen molar-refractivity contribution in [1.82, 2.24) is 4.98 Å². The standard InChI is InChI=1S/C11H14F3N3O2/c1-6(19-7(2)15)5-18-10-9(16)3-8(4-17-10)11(12,13)14/h3-4,6,15H,5,16H2,1-2H3/t6-/m1/s1. The third-order valence-electron chi connectivity index (χ3n) is 2.04. The normalized spacial score (nSPS) is 12.9. The van der Waals surface area contributed by atoms with Crippen LogP contribution in [0.25, 0.3) is 0 Å². The SMILES string of the molecule is CC(=N)O[C@H](C)COc1ncc(C(F)(F)F)cc1N. The molecule has 1 rings (SSSR count). The van der Waals surface area contributed by atoms with E-state index in [2.05, 4.69) is 4.98 Å². The lowest BCUT2D eigenvalue weighted by molar-refractivity contribution is -0.137. The second kappa shape index (κ2) is 5.77. The molecule has 1 aromatic heterocycles. The lowest BCUT2D eigenvalue weighted by Crippen LogP contribution is -2.21. The lowest BCUT2D eigenvalue weighted by Gasteiger charge is -2.15. The minimum Gasteiger partial charge on any atom is -0.475 e. The number of hydrogen-bond acceptors (Lipinski definition) is 5. The molecular formula is C11H14F3N3O2. The second-order valence-corrected chi connectivity index (χ2v) is 3.91. The third kappa shape index (κ3) is 4.65. The number of aromatic nitrogens is 1. The van der Waals surface area contributed by atoms with Crippen molar-refractivity contribution in [2.24, 2.45) is 0 Å². The Labute approximate surface area is 108 Å². The van der Waals surface area contributed by atoms with E-state index in [1.807, 2.05) is 0 Å². The number of nitrogens with one attached hydrogen (secondary N) is 1. The molecule has 5 nitrogen and oxygen atoms in total. The first-order valence-corrected chi connectivity index (χ1v) is 5.37. The van der Waals surface area contributed by atoms with Gasteiger partial charge in [-0.1, -0.05) is 0 Å². The molecule has 8 heteroatoms. The molecule has 0 bridgehead atoms. The maximum atomic E-state index is 12.4. The minimum absolute atomic E-state index is 0.0180. The summed E-state index contributed by atoms with van der Waals surface area (Å²) in [7, 11) is 0. The van der Waals surface area contributed by atoms with Gasteiger partial charge in [0.25, 0.3) is 0 Å².